The average molecular weight is 308 g/mol. The van der Waals surface area contributed by atoms with Crippen LogP contribution >= 0.6 is 0 Å². The molecule has 2 saturated carbocycles. The number of carboxylic acid groups (broad SMARTS) is 1. The lowest BCUT2D eigenvalue weighted by molar-refractivity contribution is -0.146. The number of nitrogens with zero attached hydrogens (tertiary/aromatic N) is 1. The molecule has 4 aliphatic rings. The van der Waals surface area contributed by atoms with E-state index in [1.807, 2.05) is 0 Å². The zero-order chi connectivity index (χ0) is 15.2. The number of hydrogen-bond acceptors (Lipinski definition) is 4. The van der Waals surface area contributed by atoms with Crippen molar-refractivity contribution in [2.24, 2.45) is 11.8 Å². The first-order valence-corrected chi connectivity index (χ1v) is 8.97. The molecule has 0 aromatic carbocycles. The van der Waals surface area contributed by atoms with Gasteiger partial charge in [0.25, 0.3) is 0 Å². The molecule has 0 bridgehead atoms. The highest BCUT2D eigenvalue weighted by Gasteiger charge is 2.44. The van der Waals surface area contributed by atoms with Crippen LogP contribution in [-0.2, 0) is 9.53 Å². The lowest BCUT2D eigenvalue weighted by Gasteiger charge is -2.42. The molecule has 4 fully saturated rings. The normalized spacial score (nSPS) is 38.1. The average Bonchev–Trinajstić information content (AvgIpc) is 3.17. The molecule has 1 unspecified atom stereocenters. The molecule has 0 aromatic rings. The van der Waals surface area contributed by atoms with Gasteiger partial charge in [-0.05, 0) is 50.9 Å². The first-order chi connectivity index (χ1) is 10.6. The van der Waals surface area contributed by atoms with Gasteiger partial charge in [0.1, 0.15) is 0 Å². The minimum Gasteiger partial charge on any atom is -0.481 e. The minimum atomic E-state index is -0.609. The molecular weight excluding hydrogens is 280 g/mol. The molecule has 4 rings (SSSR count). The van der Waals surface area contributed by atoms with Gasteiger partial charge >= 0.3 is 5.97 Å². The van der Waals surface area contributed by atoms with E-state index in [0.29, 0.717) is 12.0 Å². The van der Waals surface area contributed by atoms with Crippen LogP contribution in [0.3, 0.4) is 0 Å². The Kier molecular flexibility index (Phi) is 3.91. The predicted octanol–water partition coefficient (Wildman–Crippen LogP) is 1.47. The molecule has 124 valence electrons. The number of likely N-dealkylation sites (tertiary alicyclic amines) is 1. The number of carbonyl (C=O) groups is 1. The molecular formula is C17H28N2O3. The van der Waals surface area contributed by atoms with Gasteiger partial charge in [-0.2, -0.15) is 0 Å². The van der Waals surface area contributed by atoms with Crippen molar-refractivity contribution < 1.29 is 14.6 Å². The smallest absolute Gasteiger partial charge is 0.306 e. The van der Waals surface area contributed by atoms with Gasteiger partial charge in [-0.1, -0.05) is 0 Å². The second-order valence-electron chi connectivity index (χ2n) is 8.01. The van der Waals surface area contributed by atoms with E-state index in [2.05, 4.69) is 10.2 Å². The molecule has 2 heterocycles. The summed E-state index contributed by atoms with van der Waals surface area (Å²) in [6.07, 6.45) is 7.91. The SMILES string of the molecule is O=C(O)C1CC(CN2CCC3(CC2)CC(NC2CC2)CO3)C1. The van der Waals surface area contributed by atoms with Crippen LogP contribution in [0.5, 0.6) is 0 Å². The molecule has 5 heteroatoms. The van der Waals surface area contributed by atoms with E-state index < -0.39 is 5.97 Å². The second-order valence-corrected chi connectivity index (χ2v) is 8.01. The van der Waals surface area contributed by atoms with Crippen LogP contribution in [0.2, 0.25) is 0 Å². The predicted molar refractivity (Wildman–Crippen MR) is 82.8 cm³/mol. The highest BCUT2D eigenvalue weighted by molar-refractivity contribution is 5.71. The Bertz CT molecular complexity index is 424. The van der Waals surface area contributed by atoms with Crippen LogP contribution in [0, 0.1) is 11.8 Å². The molecule has 22 heavy (non-hydrogen) atoms. The van der Waals surface area contributed by atoms with Crippen LogP contribution in [0.15, 0.2) is 0 Å². The Balaban J connectivity index is 1.19. The van der Waals surface area contributed by atoms with Crippen molar-refractivity contribution in [1.82, 2.24) is 10.2 Å². The van der Waals surface area contributed by atoms with Gasteiger partial charge < -0.3 is 20.1 Å². The quantitative estimate of drug-likeness (QED) is 0.805. The monoisotopic (exact) mass is 308 g/mol. The largest absolute Gasteiger partial charge is 0.481 e. The van der Waals surface area contributed by atoms with Gasteiger partial charge in [0.05, 0.1) is 18.1 Å². The Morgan fingerprint density at radius 1 is 1.23 bits per heavy atom. The highest BCUT2D eigenvalue weighted by Crippen LogP contribution is 2.39. The standard InChI is InChI=1S/C17H28N2O3/c20-16(21)13-7-12(8-13)10-19-5-3-17(4-6-19)9-15(11-22-17)18-14-1-2-14/h12-15,18H,1-11H2,(H,20,21). The second kappa shape index (κ2) is 5.77. The molecule has 0 amide bonds. The maximum absolute atomic E-state index is 10.9. The van der Waals surface area contributed by atoms with Crippen LogP contribution in [0.25, 0.3) is 0 Å². The van der Waals surface area contributed by atoms with Crippen molar-refractivity contribution in [3.05, 3.63) is 0 Å². The van der Waals surface area contributed by atoms with Crippen LogP contribution in [0.4, 0.5) is 0 Å². The zero-order valence-electron chi connectivity index (χ0n) is 13.3. The number of rotatable bonds is 5. The van der Waals surface area contributed by atoms with Crippen molar-refractivity contribution in [2.75, 3.05) is 26.2 Å². The number of carboxylic acids is 1. The molecule has 5 nitrogen and oxygen atoms in total. The fourth-order valence-corrected chi connectivity index (χ4v) is 4.48. The molecule has 1 atom stereocenters. The van der Waals surface area contributed by atoms with Gasteiger partial charge in [-0.3, -0.25) is 4.79 Å². The van der Waals surface area contributed by atoms with E-state index >= 15 is 0 Å². The van der Waals surface area contributed by atoms with Gasteiger partial charge in [-0.15, -0.1) is 0 Å². The first kappa shape index (κ1) is 14.9. The molecule has 0 aromatic heterocycles. The lowest BCUT2D eigenvalue weighted by atomic mass is 9.74. The summed E-state index contributed by atoms with van der Waals surface area (Å²) in [7, 11) is 0. The van der Waals surface area contributed by atoms with E-state index in [1.54, 1.807) is 0 Å². The molecule has 2 N–H and O–H groups in total. The molecule has 0 radical (unpaired) electrons. The molecule has 2 saturated heterocycles. The number of piperidine rings is 1. The van der Waals surface area contributed by atoms with Crippen LogP contribution < -0.4 is 5.32 Å². The topological polar surface area (TPSA) is 61.8 Å². The lowest BCUT2D eigenvalue weighted by Crippen LogP contribution is -2.48. The molecule has 2 aliphatic carbocycles. The van der Waals surface area contributed by atoms with Gasteiger partial charge in [0, 0.05) is 31.7 Å². The number of hydrogen-bond donors (Lipinski definition) is 2. The van der Waals surface area contributed by atoms with E-state index in [-0.39, 0.29) is 11.5 Å². The molecule has 1 spiro atoms. The van der Waals surface area contributed by atoms with Crippen molar-refractivity contribution >= 4 is 5.97 Å². The highest BCUT2D eigenvalue weighted by atomic mass is 16.5. The summed E-state index contributed by atoms with van der Waals surface area (Å²) >= 11 is 0. The first-order valence-electron chi connectivity index (χ1n) is 8.97. The van der Waals surface area contributed by atoms with Gasteiger partial charge in [0.15, 0.2) is 0 Å². The van der Waals surface area contributed by atoms with Crippen molar-refractivity contribution in [1.29, 1.82) is 0 Å². The van der Waals surface area contributed by atoms with Gasteiger partial charge in [0.2, 0.25) is 0 Å². The van der Waals surface area contributed by atoms with Crippen molar-refractivity contribution in [3.8, 4) is 0 Å². The zero-order valence-corrected chi connectivity index (χ0v) is 13.3. The summed E-state index contributed by atoms with van der Waals surface area (Å²) in [5.74, 6) is -0.0834. The van der Waals surface area contributed by atoms with Crippen LogP contribution in [0.1, 0.15) is 44.9 Å². The van der Waals surface area contributed by atoms with Gasteiger partial charge in [-0.25, -0.2) is 0 Å². The maximum atomic E-state index is 10.9. The van der Waals surface area contributed by atoms with E-state index in [0.717, 1.165) is 58.0 Å². The number of aliphatic carboxylic acids is 1. The summed E-state index contributed by atoms with van der Waals surface area (Å²) in [6, 6.07) is 1.34. The third-order valence-electron chi connectivity index (χ3n) is 6.13. The molecule has 2 aliphatic heterocycles. The Morgan fingerprint density at radius 2 is 1.95 bits per heavy atom. The Morgan fingerprint density at radius 3 is 2.59 bits per heavy atom. The van der Waals surface area contributed by atoms with E-state index in [1.165, 1.54) is 19.3 Å². The fraction of sp³-hybridized carbons (Fsp3) is 0.941. The Hall–Kier alpha value is -0.650. The Labute approximate surface area is 132 Å². The van der Waals surface area contributed by atoms with Crippen molar-refractivity contribution in [2.45, 2.75) is 62.6 Å². The van der Waals surface area contributed by atoms with Crippen molar-refractivity contribution in [3.63, 3.8) is 0 Å². The van der Waals surface area contributed by atoms with E-state index in [9.17, 15) is 4.79 Å². The minimum absolute atomic E-state index is 0.0754. The maximum Gasteiger partial charge on any atom is 0.306 e. The van der Waals surface area contributed by atoms with E-state index in [4.69, 9.17) is 9.84 Å². The number of ether oxygens (including phenoxy) is 1. The third-order valence-corrected chi connectivity index (χ3v) is 6.13. The summed E-state index contributed by atoms with van der Waals surface area (Å²) in [4.78, 5) is 13.4. The number of nitrogens with one attached hydrogen (secondary N) is 1. The summed E-state index contributed by atoms with van der Waals surface area (Å²) < 4.78 is 6.20. The third kappa shape index (κ3) is 3.17. The fourth-order valence-electron chi connectivity index (χ4n) is 4.48. The summed E-state index contributed by atoms with van der Waals surface area (Å²) in [5, 5.41) is 12.7. The summed E-state index contributed by atoms with van der Waals surface area (Å²) in [5.41, 5.74) is 0.131. The summed E-state index contributed by atoms with van der Waals surface area (Å²) in [6.45, 7) is 4.21. The van der Waals surface area contributed by atoms with Crippen LogP contribution in [-0.4, -0.2) is 59.9 Å².